The molecule has 1 aliphatic rings. The second-order valence-electron chi connectivity index (χ2n) is 8.36. The van der Waals surface area contributed by atoms with Gasteiger partial charge in [-0.1, -0.05) is 11.3 Å². The van der Waals surface area contributed by atoms with Crippen LogP contribution in [0.1, 0.15) is 17.3 Å². The van der Waals surface area contributed by atoms with Crippen molar-refractivity contribution in [2.75, 3.05) is 42.8 Å². The highest BCUT2D eigenvalue weighted by atomic mass is 32.1. The van der Waals surface area contributed by atoms with Crippen LogP contribution in [0, 0.1) is 0 Å². The number of hydrogen-bond donors (Lipinski definition) is 3. The number of anilines is 3. The van der Waals surface area contributed by atoms with Gasteiger partial charge in [-0.05, 0) is 37.3 Å². The number of nitrogens with zero attached hydrogens (tertiary/aromatic N) is 3. The summed E-state index contributed by atoms with van der Waals surface area (Å²) in [5, 5.41) is 6.19. The first-order valence-electron chi connectivity index (χ1n) is 11.1. The maximum atomic E-state index is 12.8. The van der Waals surface area contributed by atoms with Crippen molar-refractivity contribution in [2.45, 2.75) is 19.1 Å². The van der Waals surface area contributed by atoms with Crippen LogP contribution in [0.2, 0.25) is 0 Å². The van der Waals surface area contributed by atoms with Crippen molar-refractivity contribution in [2.24, 2.45) is 5.73 Å². The lowest BCUT2D eigenvalue weighted by molar-refractivity contribution is -0.274. The monoisotopic (exact) mass is 552 g/mol. The fourth-order valence-electron chi connectivity index (χ4n) is 3.85. The molecule has 38 heavy (non-hydrogen) atoms. The summed E-state index contributed by atoms with van der Waals surface area (Å²) in [6.45, 7) is 1.65. The van der Waals surface area contributed by atoms with Gasteiger partial charge in [-0.15, -0.1) is 13.2 Å². The number of carbonyl (C=O) groups is 3. The smallest absolute Gasteiger partial charge is 0.452 e. The highest BCUT2D eigenvalue weighted by molar-refractivity contribution is 7.22. The molecule has 1 aliphatic heterocycles. The molecule has 11 nitrogen and oxygen atoms in total. The molecule has 2 heterocycles. The molecule has 2 aromatic carbocycles. The van der Waals surface area contributed by atoms with Crippen LogP contribution < -0.4 is 26.0 Å². The van der Waals surface area contributed by atoms with E-state index in [1.54, 1.807) is 17.9 Å². The number of nitrogens with two attached hydrogens (primary N) is 1. The molecule has 1 unspecified atom stereocenters. The number of carbonyl (C=O) groups excluding carboxylic acids is 3. The maximum absolute atomic E-state index is 12.8. The summed E-state index contributed by atoms with van der Waals surface area (Å²) in [5.41, 5.74) is 7.25. The summed E-state index contributed by atoms with van der Waals surface area (Å²) >= 11 is 0.997. The van der Waals surface area contributed by atoms with Crippen LogP contribution in [-0.4, -0.2) is 67.1 Å². The van der Waals surface area contributed by atoms with Gasteiger partial charge in [0.25, 0.3) is 17.6 Å². The van der Waals surface area contributed by atoms with Crippen molar-refractivity contribution >= 4 is 55.8 Å². The number of amides is 2. The summed E-state index contributed by atoms with van der Waals surface area (Å²) in [4.78, 5) is 44.3. The van der Waals surface area contributed by atoms with Crippen LogP contribution in [0.3, 0.4) is 0 Å². The lowest BCUT2D eigenvalue weighted by Crippen LogP contribution is -2.65. The molecule has 0 fully saturated rings. The number of nitrogens with one attached hydrogen (secondary N) is 2. The lowest BCUT2D eigenvalue weighted by atomic mass is 10.1. The molecule has 0 bridgehead atoms. The number of primary amides is 1. The Hall–Kier alpha value is -4.27. The van der Waals surface area contributed by atoms with E-state index in [2.05, 4.69) is 20.4 Å². The number of thiazole rings is 1. The van der Waals surface area contributed by atoms with E-state index in [1.807, 2.05) is 0 Å². The fourth-order valence-corrected chi connectivity index (χ4v) is 4.80. The molecule has 4 N–H and O–H groups in total. The molecule has 202 valence electrons. The summed E-state index contributed by atoms with van der Waals surface area (Å²) < 4.78 is 47.2. The fraction of sp³-hybridized carbons (Fsp3) is 0.304. The van der Waals surface area contributed by atoms with Crippen molar-refractivity contribution in [3.63, 3.8) is 0 Å². The van der Waals surface area contributed by atoms with E-state index < -0.39 is 36.4 Å². The van der Waals surface area contributed by atoms with Gasteiger partial charge in [0, 0.05) is 26.7 Å². The summed E-state index contributed by atoms with van der Waals surface area (Å²) in [6, 6.07) is 8.24. The first kappa shape index (κ1) is 26.8. The van der Waals surface area contributed by atoms with Gasteiger partial charge in [-0.2, -0.15) is 0 Å². The Bertz CT molecular complexity index is 1410. The third-order valence-corrected chi connectivity index (χ3v) is 6.56. The van der Waals surface area contributed by atoms with Crippen molar-refractivity contribution < 1.29 is 37.0 Å². The number of halogens is 3. The predicted molar refractivity (Wildman–Crippen MR) is 134 cm³/mol. The molecule has 15 heteroatoms. The first-order valence-corrected chi connectivity index (χ1v) is 12.0. The summed E-state index contributed by atoms with van der Waals surface area (Å²) in [6.07, 6.45) is -4.84. The van der Waals surface area contributed by atoms with E-state index in [0.29, 0.717) is 28.1 Å². The number of likely N-dealkylation sites (N-methyl/N-ethyl adjacent to an activating group) is 2. The van der Waals surface area contributed by atoms with Crippen LogP contribution in [0.25, 0.3) is 10.2 Å². The van der Waals surface area contributed by atoms with E-state index in [0.717, 1.165) is 17.4 Å². The summed E-state index contributed by atoms with van der Waals surface area (Å²) in [7, 11) is 3.07. The van der Waals surface area contributed by atoms with Crippen molar-refractivity contribution in [1.29, 1.82) is 0 Å². The lowest BCUT2D eigenvalue weighted by Gasteiger charge is -2.36. The predicted octanol–water partition coefficient (Wildman–Crippen LogP) is 2.94. The minimum atomic E-state index is -4.84. The molecule has 1 atom stereocenters. The topological polar surface area (TPSA) is 139 Å². The van der Waals surface area contributed by atoms with Crippen LogP contribution in [0.15, 0.2) is 36.4 Å². The van der Waals surface area contributed by atoms with Gasteiger partial charge >= 0.3 is 12.3 Å². The number of alkyl halides is 3. The van der Waals surface area contributed by atoms with E-state index in [4.69, 9.17) is 10.5 Å². The molecule has 2 amide bonds. The number of hydrogen-bond acceptors (Lipinski definition) is 10. The number of esters is 1. The quantitative estimate of drug-likeness (QED) is 0.360. The molecule has 0 radical (unpaired) electrons. The van der Waals surface area contributed by atoms with Crippen molar-refractivity contribution in [3.8, 4) is 5.75 Å². The normalized spacial score (nSPS) is 16.5. The number of rotatable bonds is 8. The Kier molecular flexibility index (Phi) is 6.97. The maximum Gasteiger partial charge on any atom is 0.573 e. The van der Waals surface area contributed by atoms with Gasteiger partial charge in [0.15, 0.2) is 11.7 Å². The number of aromatic nitrogens is 1. The third-order valence-electron chi connectivity index (χ3n) is 5.62. The highest BCUT2D eigenvalue weighted by Gasteiger charge is 2.49. The van der Waals surface area contributed by atoms with Crippen LogP contribution in [0.5, 0.6) is 5.75 Å². The van der Waals surface area contributed by atoms with Crippen LogP contribution in [0.4, 0.5) is 29.7 Å². The molecular formula is C23H23F3N6O5S. The largest absolute Gasteiger partial charge is 0.573 e. The molecule has 0 aliphatic carbocycles. The van der Waals surface area contributed by atoms with Gasteiger partial charge in [0.1, 0.15) is 5.75 Å². The molecular weight excluding hydrogens is 529 g/mol. The molecule has 0 saturated carbocycles. The highest BCUT2D eigenvalue weighted by Crippen LogP contribution is 2.42. The number of ether oxygens (including phenoxy) is 2. The summed E-state index contributed by atoms with van der Waals surface area (Å²) in [5.74, 6) is -4.06. The Morgan fingerprint density at radius 2 is 1.95 bits per heavy atom. The van der Waals surface area contributed by atoms with Gasteiger partial charge < -0.3 is 35.6 Å². The Labute approximate surface area is 218 Å². The van der Waals surface area contributed by atoms with Crippen LogP contribution in [-0.2, 0) is 14.3 Å². The van der Waals surface area contributed by atoms with Crippen molar-refractivity contribution in [3.05, 3.63) is 42.0 Å². The average Bonchev–Trinajstić information content (AvgIpc) is 3.38. The molecule has 4 rings (SSSR count). The third kappa shape index (κ3) is 5.22. The molecule has 0 spiro atoms. The van der Waals surface area contributed by atoms with Gasteiger partial charge in [-0.25, -0.2) is 9.78 Å². The van der Waals surface area contributed by atoms with E-state index in [1.165, 1.54) is 43.3 Å². The Morgan fingerprint density at radius 3 is 2.58 bits per heavy atom. The Balaban J connectivity index is 1.61. The number of benzene rings is 2. The zero-order chi connectivity index (χ0) is 27.8. The van der Waals surface area contributed by atoms with E-state index >= 15 is 0 Å². The second kappa shape index (κ2) is 9.89. The minimum absolute atomic E-state index is 0.135. The van der Waals surface area contributed by atoms with E-state index in [9.17, 15) is 27.6 Å². The average molecular weight is 553 g/mol. The van der Waals surface area contributed by atoms with Gasteiger partial charge in [0.2, 0.25) is 0 Å². The molecule has 1 aromatic heterocycles. The van der Waals surface area contributed by atoms with Gasteiger partial charge in [-0.3, -0.25) is 9.59 Å². The first-order chi connectivity index (χ1) is 17.8. The SMILES string of the molecule is CCN1c2ccc(C(=O)OCC(=O)N(C)C)cc2NC1(Nc1nc2ccc(OC(F)(F)F)cc2s1)C(N)=O. The van der Waals surface area contributed by atoms with Crippen LogP contribution >= 0.6 is 11.3 Å². The van der Waals surface area contributed by atoms with Crippen molar-refractivity contribution in [1.82, 2.24) is 9.88 Å². The standard InChI is InChI=1S/C23H23F3N6O5S/c1-4-32-16-8-5-12(19(34)36-11-18(33)31(2)3)9-15(16)29-22(32,20(27)35)30-21-28-14-7-6-13(10-17(14)38-21)37-23(24,25)26/h5-10,29H,4,11H2,1-3H3,(H2,27,35)(H,28,30). The Morgan fingerprint density at radius 1 is 1.21 bits per heavy atom. The zero-order valence-electron chi connectivity index (χ0n) is 20.4. The molecule has 3 aromatic rings. The zero-order valence-corrected chi connectivity index (χ0v) is 21.2. The second-order valence-corrected chi connectivity index (χ2v) is 9.39. The molecule has 0 saturated heterocycles. The minimum Gasteiger partial charge on any atom is -0.452 e. The van der Waals surface area contributed by atoms with Gasteiger partial charge in [0.05, 0.1) is 27.2 Å². The number of fused-ring (bicyclic) bond motifs is 2. The van der Waals surface area contributed by atoms with E-state index in [-0.39, 0.29) is 16.6 Å².